The summed E-state index contributed by atoms with van der Waals surface area (Å²) in [6.45, 7) is 10.1. The van der Waals surface area contributed by atoms with E-state index in [1.54, 1.807) is 24.3 Å². The first-order valence-corrected chi connectivity index (χ1v) is 8.35. The van der Waals surface area contributed by atoms with Gasteiger partial charge < -0.3 is 10.1 Å². The fourth-order valence-electron chi connectivity index (χ4n) is 2.27. The van der Waals surface area contributed by atoms with Crippen molar-refractivity contribution in [2.75, 3.05) is 25.0 Å². The third-order valence-corrected chi connectivity index (χ3v) is 3.86. The maximum Gasteiger partial charge on any atom is 0.338 e. The number of carbonyl (C=O) groups excluding carboxylic acids is 2. The summed E-state index contributed by atoms with van der Waals surface area (Å²) in [5, 5.41) is 2.88. The van der Waals surface area contributed by atoms with E-state index in [1.165, 1.54) is 0 Å². The lowest BCUT2D eigenvalue weighted by Crippen LogP contribution is -2.41. The number of ether oxygens (including phenoxy) is 1. The maximum absolute atomic E-state index is 12.2. The fraction of sp³-hybridized carbons (Fsp3) is 0.556. The van der Waals surface area contributed by atoms with E-state index in [9.17, 15) is 9.59 Å². The third kappa shape index (κ3) is 6.02. The second-order valence-electron chi connectivity index (χ2n) is 5.45. The molecule has 5 heteroatoms. The van der Waals surface area contributed by atoms with Crippen molar-refractivity contribution in [1.29, 1.82) is 0 Å². The van der Waals surface area contributed by atoms with Gasteiger partial charge in [-0.15, -0.1) is 0 Å². The smallest absolute Gasteiger partial charge is 0.338 e. The van der Waals surface area contributed by atoms with E-state index in [1.807, 2.05) is 27.7 Å². The number of anilines is 1. The molecule has 0 radical (unpaired) electrons. The molecule has 1 atom stereocenters. The van der Waals surface area contributed by atoms with Crippen LogP contribution < -0.4 is 5.32 Å². The van der Waals surface area contributed by atoms with Crippen LogP contribution in [0.5, 0.6) is 0 Å². The number of carbonyl (C=O) groups is 2. The van der Waals surface area contributed by atoms with Crippen LogP contribution in [0.2, 0.25) is 0 Å². The van der Waals surface area contributed by atoms with Crippen LogP contribution in [0, 0.1) is 0 Å². The number of esters is 1. The molecule has 128 valence electrons. The summed E-state index contributed by atoms with van der Waals surface area (Å²) in [7, 11) is 0. The van der Waals surface area contributed by atoms with E-state index in [0.717, 1.165) is 25.9 Å². The van der Waals surface area contributed by atoms with Crippen LogP contribution in [0.25, 0.3) is 0 Å². The van der Waals surface area contributed by atoms with Crippen molar-refractivity contribution in [1.82, 2.24) is 4.90 Å². The minimum Gasteiger partial charge on any atom is -0.462 e. The van der Waals surface area contributed by atoms with Crippen LogP contribution in [0.4, 0.5) is 5.69 Å². The predicted molar refractivity (Wildman–Crippen MR) is 92.6 cm³/mol. The first kappa shape index (κ1) is 19.2. The van der Waals surface area contributed by atoms with Crippen LogP contribution >= 0.6 is 0 Å². The van der Waals surface area contributed by atoms with Crippen LogP contribution in [-0.4, -0.2) is 42.5 Å². The summed E-state index contributed by atoms with van der Waals surface area (Å²) < 4.78 is 5.16. The van der Waals surface area contributed by atoms with E-state index in [-0.39, 0.29) is 17.9 Å². The van der Waals surface area contributed by atoms with Gasteiger partial charge in [-0.3, -0.25) is 9.69 Å². The lowest BCUT2D eigenvalue weighted by molar-refractivity contribution is -0.120. The third-order valence-electron chi connectivity index (χ3n) is 3.86. The Morgan fingerprint density at radius 2 is 1.74 bits per heavy atom. The van der Waals surface area contributed by atoms with Crippen LogP contribution in [-0.2, 0) is 9.53 Å². The number of unbranched alkanes of at least 4 members (excludes halogenated alkanes) is 1. The number of benzene rings is 1. The zero-order chi connectivity index (χ0) is 17.2. The van der Waals surface area contributed by atoms with Gasteiger partial charge in [-0.1, -0.05) is 27.2 Å². The van der Waals surface area contributed by atoms with Crippen molar-refractivity contribution < 1.29 is 14.3 Å². The maximum atomic E-state index is 12.2. The summed E-state index contributed by atoms with van der Waals surface area (Å²) in [4.78, 5) is 26.1. The van der Waals surface area contributed by atoms with Crippen LogP contribution in [0.1, 0.15) is 50.9 Å². The number of hydrogen-bond donors (Lipinski definition) is 1. The molecule has 5 nitrogen and oxygen atoms in total. The average molecular weight is 320 g/mol. The molecule has 0 aromatic heterocycles. The van der Waals surface area contributed by atoms with Gasteiger partial charge in [0.15, 0.2) is 0 Å². The van der Waals surface area contributed by atoms with Gasteiger partial charge >= 0.3 is 5.97 Å². The van der Waals surface area contributed by atoms with Crippen LogP contribution in [0.15, 0.2) is 24.3 Å². The Labute approximate surface area is 139 Å². The van der Waals surface area contributed by atoms with Crippen molar-refractivity contribution >= 4 is 17.6 Å². The van der Waals surface area contributed by atoms with E-state index >= 15 is 0 Å². The molecule has 1 rings (SSSR count). The highest BCUT2D eigenvalue weighted by Gasteiger charge is 2.18. The molecule has 1 aromatic carbocycles. The minimum atomic E-state index is -0.326. The molecule has 1 N–H and O–H groups in total. The molecule has 1 amide bonds. The van der Waals surface area contributed by atoms with Gasteiger partial charge in [0.25, 0.3) is 0 Å². The number of nitrogens with one attached hydrogen (secondary N) is 1. The molecule has 0 aliphatic carbocycles. The van der Waals surface area contributed by atoms with Gasteiger partial charge in [0.1, 0.15) is 0 Å². The van der Waals surface area contributed by atoms with Crippen molar-refractivity contribution in [3.05, 3.63) is 29.8 Å². The molecule has 0 saturated heterocycles. The molecular formula is C18H28N2O3. The molecule has 23 heavy (non-hydrogen) atoms. The van der Waals surface area contributed by atoms with Crippen molar-refractivity contribution in [3.8, 4) is 0 Å². The number of amides is 1. The second kappa shape index (κ2) is 10.0. The standard InChI is InChI=1S/C18H28N2O3/c1-5-8-13-23-18(22)15-9-11-16(12-10-15)19-17(21)14(4)20(6-2)7-3/h9-12,14H,5-8,13H2,1-4H3,(H,19,21)/t14-/m0/s1. The summed E-state index contributed by atoms with van der Waals surface area (Å²) in [5.74, 6) is -0.375. The molecule has 0 spiro atoms. The average Bonchev–Trinajstić information content (AvgIpc) is 2.56. The monoisotopic (exact) mass is 320 g/mol. The Hall–Kier alpha value is -1.88. The Bertz CT molecular complexity index is 495. The van der Waals surface area contributed by atoms with Gasteiger partial charge in [-0.05, 0) is 50.7 Å². The number of nitrogens with zero attached hydrogens (tertiary/aromatic N) is 1. The molecule has 0 heterocycles. The van der Waals surface area contributed by atoms with Gasteiger partial charge in [0.05, 0.1) is 18.2 Å². The topological polar surface area (TPSA) is 58.6 Å². The molecular weight excluding hydrogens is 292 g/mol. The van der Waals surface area contributed by atoms with Gasteiger partial charge in [-0.2, -0.15) is 0 Å². The quantitative estimate of drug-likeness (QED) is 0.560. The number of rotatable bonds is 9. The minimum absolute atomic E-state index is 0.0491. The zero-order valence-electron chi connectivity index (χ0n) is 14.6. The number of hydrogen-bond acceptors (Lipinski definition) is 4. The first-order valence-electron chi connectivity index (χ1n) is 8.35. The highest BCUT2D eigenvalue weighted by Crippen LogP contribution is 2.12. The molecule has 0 bridgehead atoms. The Balaban J connectivity index is 2.59. The van der Waals surface area contributed by atoms with Crippen molar-refractivity contribution in [2.24, 2.45) is 0 Å². The molecule has 0 saturated carbocycles. The predicted octanol–water partition coefficient (Wildman–Crippen LogP) is 3.31. The summed E-state index contributed by atoms with van der Waals surface area (Å²) >= 11 is 0. The summed E-state index contributed by atoms with van der Waals surface area (Å²) in [6.07, 6.45) is 1.85. The fourth-order valence-corrected chi connectivity index (χ4v) is 2.27. The first-order chi connectivity index (χ1) is 11.0. The van der Waals surface area contributed by atoms with Crippen molar-refractivity contribution in [3.63, 3.8) is 0 Å². The molecule has 0 aliphatic heterocycles. The normalized spacial score (nSPS) is 12.0. The lowest BCUT2D eigenvalue weighted by atomic mass is 10.2. The summed E-state index contributed by atoms with van der Waals surface area (Å²) in [6, 6.07) is 6.61. The zero-order valence-corrected chi connectivity index (χ0v) is 14.6. The molecule has 0 aliphatic rings. The van der Waals surface area contributed by atoms with E-state index < -0.39 is 0 Å². The van der Waals surface area contributed by atoms with Gasteiger partial charge in [-0.25, -0.2) is 4.79 Å². The lowest BCUT2D eigenvalue weighted by Gasteiger charge is -2.25. The highest BCUT2D eigenvalue weighted by atomic mass is 16.5. The summed E-state index contributed by atoms with van der Waals surface area (Å²) in [5.41, 5.74) is 1.18. The van der Waals surface area contributed by atoms with Crippen LogP contribution in [0.3, 0.4) is 0 Å². The molecule has 0 unspecified atom stereocenters. The SMILES string of the molecule is CCCCOC(=O)c1ccc(NC(=O)[C@H](C)N(CC)CC)cc1. The Morgan fingerprint density at radius 1 is 1.13 bits per heavy atom. The second-order valence-corrected chi connectivity index (χ2v) is 5.45. The molecule has 0 fully saturated rings. The largest absolute Gasteiger partial charge is 0.462 e. The van der Waals surface area contributed by atoms with Crippen molar-refractivity contribution in [2.45, 2.75) is 46.6 Å². The van der Waals surface area contributed by atoms with Gasteiger partial charge in [0, 0.05) is 5.69 Å². The Morgan fingerprint density at radius 3 is 2.26 bits per heavy atom. The van der Waals surface area contributed by atoms with E-state index in [2.05, 4.69) is 10.2 Å². The van der Waals surface area contributed by atoms with E-state index in [4.69, 9.17) is 4.74 Å². The molecule has 1 aromatic rings. The van der Waals surface area contributed by atoms with Gasteiger partial charge in [0.2, 0.25) is 5.91 Å². The van der Waals surface area contributed by atoms with E-state index in [0.29, 0.717) is 17.9 Å². The number of likely N-dealkylation sites (N-methyl/N-ethyl adjacent to an activating group) is 1. The Kier molecular flexibility index (Phi) is 8.33. The highest BCUT2D eigenvalue weighted by molar-refractivity contribution is 5.95.